The van der Waals surface area contributed by atoms with Crippen molar-refractivity contribution in [3.63, 3.8) is 0 Å². The molecule has 0 aliphatic heterocycles. The summed E-state index contributed by atoms with van der Waals surface area (Å²) in [4.78, 5) is 0. The van der Waals surface area contributed by atoms with E-state index in [-0.39, 0.29) is 0 Å². The van der Waals surface area contributed by atoms with Crippen LogP contribution < -0.4 is 0 Å². The van der Waals surface area contributed by atoms with Crippen LogP contribution >= 0.6 is 11.5 Å². The average Bonchev–Trinajstić information content (AvgIpc) is 2.79. The maximum absolute atomic E-state index is 10.4. The summed E-state index contributed by atoms with van der Waals surface area (Å²) in [5.41, 5.74) is 0.216. The van der Waals surface area contributed by atoms with Crippen molar-refractivity contribution < 1.29 is 5.11 Å². The van der Waals surface area contributed by atoms with E-state index < -0.39 is 5.60 Å². The normalized spacial score (nSPS) is 41.6. The van der Waals surface area contributed by atoms with Crippen molar-refractivity contribution in [3.05, 3.63) is 29.3 Å². The van der Waals surface area contributed by atoms with Crippen molar-refractivity contribution in [1.82, 2.24) is 4.37 Å². The fraction of sp³-hybridized carbons (Fsp3) is 0.500. The maximum Gasteiger partial charge on any atom is 0.114 e. The highest BCUT2D eigenvalue weighted by Crippen LogP contribution is 2.51. The molecule has 68 valence electrons. The molecule has 2 bridgehead atoms. The van der Waals surface area contributed by atoms with Gasteiger partial charge in [-0.3, -0.25) is 0 Å². The van der Waals surface area contributed by atoms with Crippen LogP contribution in [-0.2, 0) is 5.60 Å². The fourth-order valence-corrected chi connectivity index (χ4v) is 3.14. The van der Waals surface area contributed by atoms with E-state index in [1.807, 2.05) is 11.4 Å². The van der Waals surface area contributed by atoms with E-state index in [1.54, 1.807) is 0 Å². The van der Waals surface area contributed by atoms with E-state index in [2.05, 4.69) is 16.5 Å². The van der Waals surface area contributed by atoms with Gasteiger partial charge in [0, 0.05) is 11.3 Å². The van der Waals surface area contributed by atoms with Crippen LogP contribution in [0.4, 0.5) is 0 Å². The molecule has 1 aromatic rings. The Kier molecular flexibility index (Phi) is 1.44. The van der Waals surface area contributed by atoms with Crippen molar-refractivity contribution in [1.29, 1.82) is 0 Å². The number of rotatable bonds is 1. The quantitative estimate of drug-likeness (QED) is 0.691. The fourth-order valence-electron chi connectivity index (χ4n) is 2.56. The number of fused-ring (bicyclic) bond motifs is 2. The monoisotopic (exact) mass is 193 g/mol. The minimum absolute atomic E-state index is 0.305. The summed E-state index contributed by atoms with van der Waals surface area (Å²) < 4.78 is 4.25. The molecule has 2 nitrogen and oxygen atoms in total. The molecule has 0 aromatic carbocycles. The van der Waals surface area contributed by atoms with Gasteiger partial charge in [0.25, 0.3) is 0 Å². The molecule has 0 radical (unpaired) electrons. The average molecular weight is 193 g/mol. The van der Waals surface area contributed by atoms with Gasteiger partial charge in [0.2, 0.25) is 0 Å². The summed E-state index contributed by atoms with van der Waals surface area (Å²) in [6.07, 6.45) is 6.34. The van der Waals surface area contributed by atoms with Gasteiger partial charge in [0.1, 0.15) is 5.60 Å². The molecule has 1 aromatic heterocycles. The lowest BCUT2D eigenvalue weighted by Gasteiger charge is -2.27. The molecule has 3 atom stereocenters. The molecular formula is C10H11NOS. The molecule has 1 heterocycles. The van der Waals surface area contributed by atoms with E-state index in [4.69, 9.17) is 0 Å². The van der Waals surface area contributed by atoms with Crippen LogP contribution in [0.3, 0.4) is 0 Å². The minimum atomic E-state index is -0.653. The first-order valence-corrected chi connectivity index (χ1v) is 5.44. The van der Waals surface area contributed by atoms with Crippen molar-refractivity contribution >= 4 is 11.5 Å². The standard InChI is InChI=1S/C10H11NOS/c12-10(9-3-4-13-11-9)6-7-1-2-8(10)5-7/h1-4,7-8,12H,5-6H2. The summed E-state index contributed by atoms with van der Waals surface area (Å²) in [7, 11) is 0. The molecule has 3 heteroatoms. The maximum atomic E-state index is 10.4. The third kappa shape index (κ3) is 0.944. The first-order valence-electron chi connectivity index (χ1n) is 4.60. The van der Waals surface area contributed by atoms with Crippen LogP contribution in [-0.4, -0.2) is 9.48 Å². The van der Waals surface area contributed by atoms with Crippen molar-refractivity contribution in [2.24, 2.45) is 11.8 Å². The van der Waals surface area contributed by atoms with Crippen LogP contribution in [0.15, 0.2) is 23.6 Å². The van der Waals surface area contributed by atoms with Gasteiger partial charge in [0.05, 0.1) is 5.69 Å². The van der Waals surface area contributed by atoms with Gasteiger partial charge in [-0.25, -0.2) is 0 Å². The van der Waals surface area contributed by atoms with E-state index in [0.29, 0.717) is 11.8 Å². The molecule has 0 amide bonds. The summed E-state index contributed by atoms with van der Waals surface area (Å²) >= 11 is 1.42. The van der Waals surface area contributed by atoms with Gasteiger partial charge in [-0.05, 0) is 36.4 Å². The van der Waals surface area contributed by atoms with Crippen molar-refractivity contribution in [2.75, 3.05) is 0 Å². The number of allylic oxidation sites excluding steroid dienone is 1. The topological polar surface area (TPSA) is 33.1 Å². The zero-order chi connectivity index (χ0) is 8.89. The number of aliphatic hydroxyl groups is 1. The predicted octanol–water partition coefficient (Wildman–Crippen LogP) is 1.93. The Morgan fingerprint density at radius 2 is 2.46 bits per heavy atom. The van der Waals surface area contributed by atoms with Crippen molar-refractivity contribution in [3.8, 4) is 0 Å². The third-order valence-electron chi connectivity index (χ3n) is 3.24. The van der Waals surface area contributed by atoms with Gasteiger partial charge < -0.3 is 5.11 Å². The first-order chi connectivity index (χ1) is 6.29. The van der Waals surface area contributed by atoms with Crippen LogP contribution in [0.25, 0.3) is 0 Å². The van der Waals surface area contributed by atoms with E-state index in [9.17, 15) is 5.11 Å². The molecular weight excluding hydrogens is 182 g/mol. The summed E-state index contributed by atoms with van der Waals surface area (Å²) in [5.74, 6) is 0.885. The lowest BCUT2D eigenvalue weighted by molar-refractivity contribution is 0.00700. The van der Waals surface area contributed by atoms with Crippen LogP contribution in [0.5, 0.6) is 0 Å². The van der Waals surface area contributed by atoms with Gasteiger partial charge in [-0.15, -0.1) is 0 Å². The van der Waals surface area contributed by atoms with Crippen LogP contribution in [0, 0.1) is 11.8 Å². The highest BCUT2D eigenvalue weighted by Gasteiger charge is 2.49. The molecule has 2 aliphatic carbocycles. The second-order valence-electron chi connectivity index (χ2n) is 4.00. The Morgan fingerprint density at radius 1 is 1.54 bits per heavy atom. The smallest absolute Gasteiger partial charge is 0.114 e. The highest BCUT2D eigenvalue weighted by molar-refractivity contribution is 7.03. The zero-order valence-electron chi connectivity index (χ0n) is 7.18. The number of hydrogen-bond donors (Lipinski definition) is 1. The second-order valence-corrected chi connectivity index (χ2v) is 4.67. The number of nitrogens with zero attached hydrogens (tertiary/aromatic N) is 1. The largest absolute Gasteiger partial charge is 0.383 e. The first kappa shape index (κ1) is 7.71. The zero-order valence-corrected chi connectivity index (χ0v) is 8.00. The molecule has 0 saturated heterocycles. The molecule has 13 heavy (non-hydrogen) atoms. The van der Waals surface area contributed by atoms with Crippen LogP contribution in [0.1, 0.15) is 18.5 Å². The third-order valence-corrected chi connectivity index (χ3v) is 3.80. The second kappa shape index (κ2) is 2.42. The lowest BCUT2D eigenvalue weighted by Crippen LogP contribution is -2.30. The Morgan fingerprint density at radius 3 is 3.00 bits per heavy atom. The molecule has 0 spiro atoms. The highest BCUT2D eigenvalue weighted by atomic mass is 32.1. The minimum Gasteiger partial charge on any atom is -0.383 e. The number of hydrogen-bond acceptors (Lipinski definition) is 3. The SMILES string of the molecule is OC1(c2ccsn2)CC2C=CC1C2. The molecule has 3 rings (SSSR count). The molecule has 1 fully saturated rings. The van der Waals surface area contributed by atoms with E-state index in [0.717, 1.165) is 18.5 Å². The molecule has 3 unspecified atom stereocenters. The van der Waals surface area contributed by atoms with Crippen LogP contribution in [0.2, 0.25) is 0 Å². The Balaban J connectivity index is 2.03. The van der Waals surface area contributed by atoms with Gasteiger partial charge in [-0.1, -0.05) is 12.2 Å². The van der Waals surface area contributed by atoms with Crippen molar-refractivity contribution in [2.45, 2.75) is 18.4 Å². The molecule has 2 aliphatic rings. The lowest BCUT2D eigenvalue weighted by atomic mass is 9.85. The number of aromatic nitrogens is 1. The molecule has 1 N–H and O–H groups in total. The molecule has 1 saturated carbocycles. The summed E-state index contributed by atoms with van der Waals surface area (Å²) in [6.45, 7) is 0. The summed E-state index contributed by atoms with van der Waals surface area (Å²) in [5, 5.41) is 12.4. The van der Waals surface area contributed by atoms with E-state index >= 15 is 0 Å². The Bertz CT molecular complexity index is 346. The Hall–Kier alpha value is -0.670. The predicted molar refractivity (Wildman–Crippen MR) is 51.4 cm³/mol. The Labute approximate surface area is 81.1 Å². The van der Waals surface area contributed by atoms with Gasteiger partial charge in [-0.2, -0.15) is 4.37 Å². The van der Waals surface area contributed by atoms with E-state index in [1.165, 1.54) is 11.5 Å². The van der Waals surface area contributed by atoms with Gasteiger partial charge in [0.15, 0.2) is 0 Å². The summed E-state index contributed by atoms with van der Waals surface area (Å²) in [6, 6.07) is 1.94. The van der Waals surface area contributed by atoms with Gasteiger partial charge >= 0.3 is 0 Å².